The molecule has 3 heteroatoms. The normalized spacial score (nSPS) is 22.4. The number of hydrogen-bond acceptors (Lipinski definition) is 3. The summed E-state index contributed by atoms with van der Waals surface area (Å²) in [5, 5.41) is 0. The predicted molar refractivity (Wildman–Crippen MR) is 67.3 cm³/mol. The second-order valence-electron chi connectivity index (χ2n) is 4.66. The summed E-state index contributed by atoms with van der Waals surface area (Å²) in [7, 11) is 0. The third-order valence-corrected chi connectivity index (χ3v) is 3.45. The maximum atomic E-state index is 12.3. The van der Waals surface area contributed by atoms with E-state index in [1.54, 1.807) is 6.07 Å². The van der Waals surface area contributed by atoms with Gasteiger partial charge >= 0.3 is 0 Å². The summed E-state index contributed by atoms with van der Waals surface area (Å²) in [6, 6.07) is 5.50. The van der Waals surface area contributed by atoms with Gasteiger partial charge in [0.25, 0.3) is 0 Å². The Morgan fingerprint density at radius 2 is 2.06 bits per heavy atom. The quantitative estimate of drug-likeness (QED) is 0.663. The molecule has 3 rings (SSSR count). The number of benzene rings is 1. The molecule has 1 aromatic rings. The molecule has 0 amide bonds. The fraction of sp³-hybridized carbons (Fsp3) is 0.214. The SMILES string of the molecule is NC1=CC2Cc3cc(N)ccc3C(=O)C2=CC1. The molecule has 1 atom stereocenters. The number of carbonyl (C=O) groups excluding carboxylic acids is 1. The Hall–Kier alpha value is -2.03. The molecule has 0 spiro atoms. The Bertz CT molecular complexity index is 570. The first-order valence-electron chi connectivity index (χ1n) is 5.74. The Morgan fingerprint density at radius 1 is 1.24 bits per heavy atom. The van der Waals surface area contributed by atoms with Gasteiger partial charge in [0.1, 0.15) is 0 Å². The van der Waals surface area contributed by atoms with Gasteiger partial charge in [0.05, 0.1) is 0 Å². The molecule has 1 aromatic carbocycles. The Morgan fingerprint density at radius 3 is 2.88 bits per heavy atom. The van der Waals surface area contributed by atoms with Crippen LogP contribution in [0.4, 0.5) is 5.69 Å². The maximum absolute atomic E-state index is 12.3. The van der Waals surface area contributed by atoms with Crippen molar-refractivity contribution in [3.05, 3.63) is 52.7 Å². The van der Waals surface area contributed by atoms with Crippen LogP contribution in [0.3, 0.4) is 0 Å². The highest BCUT2D eigenvalue weighted by molar-refractivity contribution is 6.11. The van der Waals surface area contributed by atoms with Gasteiger partial charge in [0.15, 0.2) is 5.78 Å². The van der Waals surface area contributed by atoms with Crippen LogP contribution in [0.2, 0.25) is 0 Å². The molecule has 0 fully saturated rings. The number of fused-ring (bicyclic) bond motifs is 2. The van der Waals surface area contributed by atoms with Crippen LogP contribution in [0.15, 0.2) is 41.6 Å². The van der Waals surface area contributed by atoms with Crippen molar-refractivity contribution in [2.45, 2.75) is 12.8 Å². The van der Waals surface area contributed by atoms with Crippen LogP contribution in [-0.4, -0.2) is 5.78 Å². The smallest absolute Gasteiger partial charge is 0.189 e. The van der Waals surface area contributed by atoms with Crippen molar-refractivity contribution in [2.75, 3.05) is 5.73 Å². The second kappa shape index (κ2) is 3.48. The first-order chi connectivity index (χ1) is 8.15. The molecule has 0 saturated heterocycles. The highest BCUT2D eigenvalue weighted by atomic mass is 16.1. The fourth-order valence-corrected chi connectivity index (χ4v) is 2.62. The van der Waals surface area contributed by atoms with Crippen molar-refractivity contribution in [2.24, 2.45) is 11.7 Å². The number of ketones is 1. The van der Waals surface area contributed by atoms with Gasteiger partial charge in [-0.15, -0.1) is 0 Å². The van der Waals surface area contributed by atoms with Gasteiger partial charge in [-0.3, -0.25) is 4.79 Å². The van der Waals surface area contributed by atoms with E-state index in [0.29, 0.717) is 12.1 Å². The second-order valence-corrected chi connectivity index (χ2v) is 4.66. The molecule has 2 aliphatic rings. The van der Waals surface area contributed by atoms with E-state index in [1.807, 2.05) is 24.3 Å². The lowest BCUT2D eigenvalue weighted by Crippen LogP contribution is -2.25. The van der Waals surface area contributed by atoms with E-state index in [4.69, 9.17) is 11.5 Å². The minimum absolute atomic E-state index is 0.125. The number of nitrogen functional groups attached to an aromatic ring is 1. The van der Waals surface area contributed by atoms with Crippen molar-refractivity contribution in [3.63, 3.8) is 0 Å². The van der Waals surface area contributed by atoms with E-state index in [1.165, 1.54) is 0 Å². The van der Waals surface area contributed by atoms with E-state index < -0.39 is 0 Å². The highest BCUT2D eigenvalue weighted by Gasteiger charge is 2.30. The van der Waals surface area contributed by atoms with Crippen molar-refractivity contribution < 1.29 is 4.79 Å². The standard InChI is InChI=1S/C14H14N2O/c15-10-1-3-12-8(6-10)5-9-7-11(16)2-4-13(9)14(12)17/h1,3-4,6-7,9H,2,5,15-16H2. The summed E-state index contributed by atoms with van der Waals surface area (Å²) < 4.78 is 0. The number of anilines is 1. The van der Waals surface area contributed by atoms with Crippen molar-refractivity contribution >= 4 is 11.5 Å². The minimum Gasteiger partial charge on any atom is -0.402 e. The van der Waals surface area contributed by atoms with Crippen LogP contribution >= 0.6 is 0 Å². The number of rotatable bonds is 0. The molecule has 1 unspecified atom stereocenters. The summed E-state index contributed by atoms with van der Waals surface area (Å²) in [6.07, 6.45) is 5.46. The Balaban J connectivity index is 2.11. The number of allylic oxidation sites excluding steroid dienone is 3. The van der Waals surface area contributed by atoms with Crippen LogP contribution in [0.1, 0.15) is 22.3 Å². The molecular formula is C14H14N2O. The summed E-state index contributed by atoms with van der Waals surface area (Å²) >= 11 is 0. The molecule has 3 nitrogen and oxygen atoms in total. The Labute approximate surface area is 99.8 Å². The molecule has 0 aliphatic heterocycles. The average Bonchev–Trinajstić information content (AvgIpc) is 2.28. The third kappa shape index (κ3) is 1.55. The largest absolute Gasteiger partial charge is 0.402 e. The van der Waals surface area contributed by atoms with Gasteiger partial charge in [0.2, 0.25) is 0 Å². The molecule has 2 aliphatic carbocycles. The molecule has 86 valence electrons. The fourth-order valence-electron chi connectivity index (χ4n) is 2.62. The average molecular weight is 226 g/mol. The van der Waals surface area contributed by atoms with Crippen LogP contribution < -0.4 is 11.5 Å². The first-order valence-corrected chi connectivity index (χ1v) is 5.74. The highest BCUT2D eigenvalue weighted by Crippen LogP contribution is 2.34. The lowest BCUT2D eigenvalue weighted by atomic mass is 9.76. The van der Waals surface area contributed by atoms with E-state index >= 15 is 0 Å². The van der Waals surface area contributed by atoms with Crippen LogP contribution in [0, 0.1) is 5.92 Å². The van der Waals surface area contributed by atoms with Crippen LogP contribution in [-0.2, 0) is 6.42 Å². The molecule has 0 saturated carbocycles. The van der Waals surface area contributed by atoms with E-state index in [9.17, 15) is 4.79 Å². The summed E-state index contributed by atoms with van der Waals surface area (Å²) in [5.74, 6) is 0.255. The lowest BCUT2D eigenvalue weighted by molar-refractivity contribution is 0.101. The van der Waals surface area contributed by atoms with Crippen molar-refractivity contribution in [1.29, 1.82) is 0 Å². The zero-order valence-electron chi connectivity index (χ0n) is 9.44. The van der Waals surface area contributed by atoms with Gasteiger partial charge in [-0.25, -0.2) is 0 Å². The zero-order chi connectivity index (χ0) is 12.0. The Kier molecular flexibility index (Phi) is 2.08. The van der Waals surface area contributed by atoms with E-state index in [0.717, 1.165) is 28.8 Å². The maximum Gasteiger partial charge on any atom is 0.189 e. The van der Waals surface area contributed by atoms with E-state index in [-0.39, 0.29) is 11.7 Å². The molecule has 0 bridgehead atoms. The summed E-state index contributed by atoms with van der Waals surface area (Å²) in [5.41, 5.74) is 15.8. The van der Waals surface area contributed by atoms with Gasteiger partial charge < -0.3 is 11.5 Å². The van der Waals surface area contributed by atoms with Gasteiger partial charge in [0, 0.05) is 34.9 Å². The molecular weight excluding hydrogens is 212 g/mol. The third-order valence-electron chi connectivity index (χ3n) is 3.45. The zero-order valence-corrected chi connectivity index (χ0v) is 9.44. The molecule has 4 N–H and O–H groups in total. The van der Waals surface area contributed by atoms with Gasteiger partial charge in [-0.1, -0.05) is 12.2 Å². The number of carbonyl (C=O) groups is 1. The molecule has 0 radical (unpaired) electrons. The first kappa shape index (κ1) is 10.1. The molecule has 17 heavy (non-hydrogen) atoms. The minimum atomic E-state index is 0.125. The predicted octanol–water partition coefficient (Wildman–Crippen LogP) is 1.80. The summed E-state index contributed by atoms with van der Waals surface area (Å²) in [6.45, 7) is 0. The van der Waals surface area contributed by atoms with E-state index in [2.05, 4.69) is 0 Å². The number of hydrogen-bond donors (Lipinski definition) is 2. The summed E-state index contributed by atoms with van der Waals surface area (Å²) in [4.78, 5) is 12.3. The monoisotopic (exact) mass is 226 g/mol. The van der Waals surface area contributed by atoms with Crippen LogP contribution in [0.25, 0.3) is 0 Å². The van der Waals surface area contributed by atoms with Gasteiger partial charge in [-0.2, -0.15) is 0 Å². The molecule has 0 heterocycles. The van der Waals surface area contributed by atoms with Crippen molar-refractivity contribution in [1.82, 2.24) is 0 Å². The number of Topliss-reactive ketones (excluding diaryl/α,β-unsaturated/α-hetero) is 1. The topological polar surface area (TPSA) is 69.1 Å². The molecule has 0 aromatic heterocycles. The number of nitrogens with two attached hydrogens (primary N) is 2. The van der Waals surface area contributed by atoms with Gasteiger partial charge in [-0.05, 0) is 30.2 Å². The lowest BCUT2D eigenvalue weighted by Gasteiger charge is -2.27. The van der Waals surface area contributed by atoms with Crippen LogP contribution in [0.5, 0.6) is 0 Å². The van der Waals surface area contributed by atoms with Crippen molar-refractivity contribution in [3.8, 4) is 0 Å².